The average molecular weight is 524 g/mol. The quantitative estimate of drug-likeness (QED) is 0.144. The van der Waals surface area contributed by atoms with Crippen LogP contribution >= 0.6 is 0 Å². The molecule has 1 unspecified atom stereocenters. The van der Waals surface area contributed by atoms with E-state index in [4.69, 9.17) is 4.74 Å². The number of ketones is 1. The first kappa shape index (κ1) is 28.4. The van der Waals surface area contributed by atoms with Gasteiger partial charge in [-0.05, 0) is 80.0 Å². The Bertz CT molecular complexity index is 1330. The van der Waals surface area contributed by atoms with Gasteiger partial charge in [-0.1, -0.05) is 81.1 Å². The van der Waals surface area contributed by atoms with E-state index in [9.17, 15) is 9.59 Å². The maximum Gasteiger partial charge on any atom is 0.338 e. The zero-order valence-electron chi connectivity index (χ0n) is 24.0. The molecule has 204 valence electrons. The zero-order valence-corrected chi connectivity index (χ0v) is 24.0. The van der Waals surface area contributed by atoms with Crippen molar-refractivity contribution in [1.29, 1.82) is 0 Å². The van der Waals surface area contributed by atoms with Gasteiger partial charge >= 0.3 is 5.97 Å². The van der Waals surface area contributed by atoms with Crippen LogP contribution < -0.4 is 4.90 Å². The first-order valence-corrected chi connectivity index (χ1v) is 14.3. The molecule has 4 nitrogen and oxygen atoms in total. The van der Waals surface area contributed by atoms with Gasteiger partial charge in [0.1, 0.15) is 0 Å². The number of aryl methyl sites for hydroxylation is 3. The number of allylic oxidation sites excluding steroid dienone is 1. The number of ether oxygens (including phenoxy) is 1. The van der Waals surface area contributed by atoms with Crippen molar-refractivity contribution in [3.8, 4) is 0 Å². The summed E-state index contributed by atoms with van der Waals surface area (Å²) in [5.41, 5.74) is 8.17. The summed E-state index contributed by atoms with van der Waals surface area (Å²) in [5, 5.41) is 0. The van der Waals surface area contributed by atoms with Crippen LogP contribution in [0, 0.1) is 26.7 Å². The van der Waals surface area contributed by atoms with Crippen molar-refractivity contribution < 1.29 is 14.3 Å². The number of unbranched alkanes of at least 4 members (excludes halogenated alkanes) is 1. The van der Waals surface area contributed by atoms with Gasteiger partial charge in [-0.2, -0.15) is 0 Å². The van der Waals surface area contributed by atoms with E-state index in [2.05, 4.69) is 37.8 Å². The Morgan fingerprint density at radius 1 is 0.949 bits per heavy atom. The lowest BCUT2D eigenvalue weighted by atomic mass is 9.90. The lowest BCUT2D eigenvalue weighted by Gasteiger charge is -2.19. The molecule has 0 saturated carbocycles. The third-order valence-corrected chi connectivity index (χ3v) is 7.76. The van der Waals surface area contributed by atoms with Crippen molar-refractivity contribution in [2.24, 2.45) is 5.92 Å². The first-order chi connectivity index (χ1) is 18.8. The van der Waals surface area contributed by atoms with Gasteiger partial charge < -0.3 is 9.64 Å². The van der Waals surface area contributed by atoms with Gasteiger partial charge in [0.05, 0.1) is 12.2 Å². The fourth-order valence-electron chi connectivity index (χ4n) is 5.57. The van der Waals surface area contributed by atoms with Crippen LogP contribution in [0.5, 0.6) is 0 Å². The summed E-state index contributed by atoms with van der Waals surface area (Å²) in [6, 6.07) is 19.8. The summed E-state index contributed by atoms with van der Waals surface area (Å²) in [7, 11) is 0. The largest absolute Gasteiger partial charge is 0.462 e. The third kappa shape index (κ3) is 6.68. The third-order valence-electron chi connectivity index (χ3n) is 7.76. The maximum atomic E-state index is 14.0. The van der Waals surface area contributed by atoms with Gasteiger partial charge in [0.2, 0.25) is 0 Å². The number of hydrogen-bond acceptors (Lipinski definition) is 4. The molecule has 0 N–H and O–H groups in total. The van der Waals surface area contributed by atoms with Crippen LogP contribution in [0.3, 0.4) is 0 Å². The van der Waals surface area contributed by atoms with E-state index in [1.807, 2.05) is 68.6 Å². The lowest BCUT2D eigenvalue weighted by molar-refractivity contribution is 0.0428. The fraction of sp³-hybridized carbons (Fsp3) is 0.371. The minimum Gasteiger partial charge on any atom is -0.462 e. The molecule has 0 aromatic heterocycles. The Balaban J connectivity index is 1.60. The second-order valence-corrected chi connectivity index (χ2v) is 10.8. The molecular formula is C35H41NO3. The number of carbonyl (C=O) groups is 2. The van der Waals surface area contributed by atoms with Crippen molar-refractivity contribution in [2.75, 3.05) is 18.1 Å². The Hall–Kier alpha value is -3.66. The summed E-state index contributed by atoms with van der Waals surface area (Å²) in [5.74, 6) is 0.185. The predicted molar refractivity (Wildman–Crippen MR) is 160 cm³/mol. The SMILES string of the molecule is CCCCC(CC)COC(=O)c1ccc2c(c1)CCN2C=C(C(=O)c1c(C)cc(C)cc1C)c1ccccc1. The van der Waals surface area contributed by atoms with E-state index in [0.29, 0.717) is 23.7 Å². The number of carbonyl (C=O) groups excluding carboxylic acids is 2. The van der Waals surface area contributed by atoms with Crippen LogP contribution in [0.1, 0.15) is 88.1 Å². The monoisotopic (exact) mass is 523 g/mol. The highest BCUT2D eigenvalue weighted by Crippen LogP contribution is 2.33. The predicted octanol–water partition coefficient (Wildman–Crippen LogP) is 8.27. The number of Topliss-reactive ketones (excluding diaryl/α,β-unsaturated/α-hetero) is 1. The Labute approximate surface area is 233 Å². The minimum atomic E-state index is -0.257. The standard InChI is InChI=1S/C35H41NO3/c1-6-8-12-27(7-2)23-39-35(38)30-15-16-32-29(21-30)17-18-36(32)22-31(28-13-10-9-11-14-28)34(37)33-25(4)19-24(3)20-26(33)5/h9-11,13-16,19-22,27H,6-8,12,17-18,23H2,1-5H3. The van der Waals surface area contributed by atoms with E-state index >= 15 is 0 Å². The number of rotatable bonds is 11. The molecule has 0 bridgehead atoms. The molecule has 0 amide bonds. The summed E-state index contributed by atoms with van der Waals surface area (Å²) in [6.45, 7) is 11.6. The molecule has 3 aromatic carbocycles. The van der Waals surface area contributed by atoms with Crippen LogP contribution in [0.4, 0.5) is 5.69 Å². The zero-order chi connectivity index (χ0) is 27.9. The topological polar surface area (TPSA) is 46.6 Å². The van der Waals surface area contributed by atoms with Crippen LogP contribution in [-0.2, 0) is 11.2 Å². The molecule has 1 atom stereocenters. The summed E-state index contributed by atoms with van der Waals surface area (Å²) in [6.07, 6.45) is 7.22. The van der Waals surface area contributed by atoms with Gasteiger partial charge in [-0.3, -0.25) is 4.79 Å². The molecule has 1 heterocycles. The average Bonchev–Trinajstić information content (AvgIpc) is 3.33. The number of nitrogens with zero attached hydrogens (tertiary/aromatic N) is 1. The van der Waals surface area contributed by atoms with Crippen molar-refractivity contribution in [3.05, 3.63) is 106 Å². The van der Waals surface area contributed by atoms with E-state index < -0.39 is 0 Å². The Kier molecular flexibility index (Phi) is 9.40. The second kappa shape index (κ2) is 12.9. The van der Waals surface area contributed by atoms with Crippen LogP contribution in [-0.4, -0.2) is 24.9 Å². The van der Waals surface area contributed by atoms with Crippen molar-refractivity contribution in [1.82, 2.24) is 0 Å². The van der Waals surface area contributed by atoms with E-state index in [1.54, 1.807) is 0 Å². The molecule has 4 rings (SSSR count). The number of benzene rings is 3. The molecule has 3 aromatic rings. The molecule has 0 spiro atoms. The summed E-state index contributed by atoms with van der Waals surface area (Å²) >= 11 is 0. The van der Waals surface area contributed by atoms with Gasteiger partial charge in [0.15, 0.2) is 5.78 Å². The van der Waals surface area contributed by atoms with Crippen molar-refractivity contribution in [2.45, 2.75) is 66.7 Å². The van der Waals surface area contributed by atoms with Gasteiger partial charge in [0.25, 0.3) is 0 Å². The van der Waals surface area contributed by atoms with Gasteiger partial charge in [-0.15, -0.1) is 0 Å². The Morgan fingerprint density at radius 2 is 1.67 bits per heavy atom. The molecule has 39 heavy (non-hydrogen) atoms. The first-order valence-electron chi connectivity index (χ1n) is 14.3. The number of hydrogen-bond donors (Lipinski definition) is 0. The van der Waals surface area contributed by atoms with Gasteiger partial charge in [0, 0.05) is 29.6 Å². The van der Waals surface area contributed by atoms with E-state index in [0.717, 1.165) is 77.7 Å². The number of esters is 1. The van der Waals surface area contributed by atoms with Crippen molar-refractivity contribution in [3.63, 3.8) is 0 Å². The smallest absolute Gasteiger partial charge is 0.338 e. The molecule has 4 heteroatoms. The molecule has 0 aliphatic carbocycles. The molecule has 1 aliphatic heterocycles. The van der Waals surface area contributed by atoms with Gasteiger partial charge in [-0.25, -0.2) is 4.79 Å². The van der Waals surface area contributed by atoms with E-state index in [1.165, 1.54) is 0 Å². The maximum absolute atomic E-state index is 14.0. The lowest BCUT2D eigenvalue weighted by Crippen LogP contribution is -2.17. The normalized spacial score (nSPS) is 13.8. The Morgan fingerprint density at radius 3 is 2.33 bits per heavy atom. The number of fused-ring (bicyclic) bond motifs is 1. The molecule has 0 radical (unpaired) electrons. The van der Waals surface area contributed by atoms with Crippen molar-refractivity contribution >= 4 is 23.0 Å². The highest BCUT2D eigenvalue weighted by atomic mass is 16.5. The van der Waals surface area contributed by atoms with Crippen LogP contribution in [0.15, 0.2) is 66.9 Å². The summed E-state index contributed by atoms with van der Waals surface area (Å²) in [4.78, 5) is 29.0. The second-order valence-electron chi connectivity index (χ2n) is 10.8. The minimum absolute atomic E-state index is 0.0263. The molecule has 1 aliphatic rings. The summed E-state index contributed by atoms with van der Waals surface area (Å²) < 4.78 is 5.69. The van der Waals surface area contributed by atoms with E-state index in [-0.39, 0.29) is 11.8 Å². The molecule has 0 fully saturated rings. The highest BCUT2D eigenvalue weighted by Gasteiger charge is 2.24. The number of anilines is 1. The molecular weight excluding hydrogens is 482 g/mol. The highest BCUT2D eigenvalue weighted by molar-refractivity contribution is 6.30. The van der Waals surface area contributed by atoms with Crippen LogP contribution in [0.25, 0.3) is 5.57 Å². The molecule has 0 saturated heterocycles. The van der Waals surface area contributed by atoms with Crippen LogP contribution in [0.2, 0.25) is 0 Å². The fourth-order valence-corrected chi connectivity index (χ4v) is 5.57.